The van der Waals surface area contributed by atoms with Crippen LogP contribution in [0.4, 0.5) is 4.79 Å². The second-order valence-electron chi connectivity index (χ2n) is 6.88. The summed E-state index contributed by atoms with van der Waals surface area (Å²) in [5, 5.41) is 2.63. The SMILES string of the molecule is Cc1ccc(Oc2ccc3c(c2)OCCC3[C@@]2(C)SC(=O)NC2=O)c(Cl)c1. The van der Waals surface area contributed by atoms with Gasteiger partial charge < -0.3 is 9.47 Å². The number of benzene rings is 2. The largest absolute Gasteiger partial charge is 0.493 e. The number of amides is 2. The number of rotatable bonds is 3. The minimum absolute atomic E-state index is 0.116. The van der Waals surface area contributed by atoms with Gasteiger partial charge >= 0.3 is 0 Å². The topological polar surface area (TPSA) is 64.6 Å². The maximum absolute atomic E-state index is 12.4. The van der Waals surface area contributed by atoms with Crippen molar-refractivity contribution in [1.82, 2.24) is 5.32 Å². The number of fused-ring (bicyclic) bond motifs is 1. The molecule has 0 radical (unpaired) electrons. The van der Waals surface area contributed by atoms with Crippen molar-refractivity contribution in [3.63, 3.8) is 0 Å². The number of carbonyl (C=O) groups excluding carboxylic acids is 2. The Bertz CT molecular complexity index is 948. The zero-order valence-electron chi connectivity index (χ0n) is 14.9. The highest BCUT2D eigenvalue weighted by atomic mass is 35.5. The molecule has 1 unspecified atom stereocenters. The standard InChI is InChI=1S/C20H18ClNO4S/c1-11-3-6-16(15(21)9-11)26-12-4-5-13-14(7-8-25-17(13)10-12)20(2)18(23)22-19(24)27-20/h3-6,9-10,14H,7-8H2,1-2H3,(H,22,23,24)/t14?,20-/m1/s1. The van der Waals surface area contributed by atoms with Gasteiger partial charge in [0.15, 0.2) is 0 Å². The monoisotopic (exact) mass is 403 g/mol. The lowest BCUT2D eigenvalue weighted by atomic mass is 9.81. The molecule has 27 heavy (non-hydrogen) atoms. The molecular weight excluding hydrogens is 386 g/mol. The Hall–Kier alpha value is -2.18. The van der Waals surface area contributed by atoms with E-state index in [1.54, 1.807) is 6.07 Å². The van der Waals surface area contributed by atoms with Crippen LogP contribution in [-0.4, -0.2) is 22.5 Å². The van der Waals surface area contributed by atoms with Crippen LogP contribution in [0.5, 0.6) is 17.2 Å². The lowest BCUT2D eigenvalue weighted by molar-refractivity contribution is -0.122. The van der Waals surface area contributed by atoms with E-state index in [2.05, 4.69) is 5.32 Å². The maximum Gasteiger partial charge on any atom is 0.286 e. The number of nitrogens with one attached hydrogen (secondary N) is 1. The third-order valence-electron chi connectivity index (χ3n) is 4.98. The summed E-state index contributed by atoms with van der Waals surface area (Å²) in [5.41, 5.74) is 1.96. The van der Waals surface area contributed by atoms with Gasteiger partial charge in [0, 0.05) is 12.0 Å². The molecule has 2 atom stereocenters. The van der Waals surface area contributed by atoms with Gasteiger partial charge in [0.2, 0.25) is 5.91 Å². The summed E-state index contributed by atoms with van der Waals surface area (Å²) in [6, 6.07) is 11.1. The fraction of sp³-hybridized carbons (Fsp3) is 0.300. The second kappa shape index (κ2) is 6.77. The van der Waals surface area contributed by atoms with E-state index in [-0.39, 0.29) is 17.1 Å². The molecule has 1 N–H and O–H groups in total. The summed E-state index contributed by atoms with van der Waals surface area (Å²) in [7, 11) is 0. The first-order valence-electron chi connectivity index (χ1n) is 8.62. The molecule has 7 heteroatoms. The van der Waals surface area contributed by atoms with E-state index in [1.807, 2.05) is 44.2 Å². The summed E-state index contributed by atoms with van der Waals surface area (Å²) in [6.45, 7) is 4.25. The van der Waals surface area contributed by atoms with Gasteiger partial charge in [0.05, 0.1) is 11.6 Å². The lowest BCUT2D eigenvalue weighted by Crippen LogP contribution is -2.41. The van der Waals surface area contributed by atoms with Crippen LogP contribution in [-0.2, 0) is 4.79 Å². The third-order valence-corrected chi connectivity index (χ3v) is 6.45. The molecule has 2 aliphatic rings. The first-order valence-corrected chi connectivity index (χ1v) is 9.81. The fourth-order valence-electron chi connectivity index (χ4n) is 3.53. The zero-order valence-corrected chi connectivity index (χ0v) is 16.4. The Morgan fingerprint density at radius 2 is 2.07 bits per heavy atom. The normalized spacial score (nSPS) is 24.2. The summed E-state index contributed by atoms with van der Waals surface area (Å²) < 4.78 is 10.9. The Labute approximate surface area is 166 Å². The summed E-state index contributed by atoms with van der Waals surface area (Å²) in [6.07, 6.45) is 0.668. The lowest BCUT2D eigenvalue weighted by Gasteiger charge is -2.34. The molecule has 1 saturated heterocycles. The first-order chi connectivity index (χ1) is 12.9. The Balaban J connectivity index is 1.64. The molecule has 2 aromatic rings. The van der Waals surface area contributed by atoms with Crippen molar-refractivity contribution in [3.05, 3.63) is 52.5 Å². The predicted molar refractivity (Wildman–Crippen MR) is 105 cm³/mol. The Morgan fingerprint density at radius 3 is 2.78 bits per heavy atom. The van der Waals surface area contributed by atoms with Gasteiger partial charge in [0.1, 0.15) is 22.0 Å². The van der Waals surface area contributed by atoms with Gasteiger partial charge in [-0.25, -0.2) is 0 Å². The smallest absolute Gasteiger partial charge is 0.286 e. The third kappa shape index (κ3) is 3.28. The molecule has 140 valence electrons. The fourth-order valence-corrected chi connectivity index (χ4v) is 4.87. The molecule has 5 nitrogen and oxygen atoms in total. The molecular formula is C20H18ClNO4S. The number of aryl methyl sites for hydroxylation is 1. The van der Waals surface area contributed by atoms with Gasteiger partial charge in [-0.2, -0.15) is 0 Å². The van der Waals surface area contributed by atoms with E-state index in [0.717, 1.165) is 22.9 Å². The Morgan fingerprint density at radius 1 is 1.26 bits per heavy atom. The highest BCUT2D eigenvalue weighted by Crippen LogP contribution is 2.50. The molecule has 2 heterocycles. The van der Waals surface area contributed by atoms with Crippen LogP contribution in [0.15, 0.2) is 36.4 Å². The highest BCUT2D eigenvalue weighted by molar-refractivity contribution is 8.16. The van der Waals surface area contributed by atoms with Crippen LogP contribution >= 0.6 is 23.4 Å². The second-order valence-corrected chi connectivity index (χ2v) is 8.71. The number of hydrogen-bond donors (Lipinski definition) is 1. The minimum Gasteiger partial charge on any atom is -0.493 e. The number of ether oxygens (including phenoxy) is 2. The van der Waals surface area contributed by atoms with Crippen LogP contribution in [0, 0.1) is 6.92 Å². The molecule has 0 saturated carbocycles. The van der Waals surface area contributed by atoms with E-state index < -0.39 is 4.75 Å². The highest BCUT2D eigenvalue weighted by Gasteiger charge is 2.51. The van der Waals surface area contributed by atoms with Crippen LogP contribution < -0.4 is 14.8 Å². The van der Waals surface area contributed by atoms with E-state index >= 15 is 0 Å². The van der Waals surface area contributed by atoms with Crippen molar-refractivity contribution in [2.45, 2.75) is 30.9 Å². The molecule has 0 bridgehead atoms. The maximum atomic E-state index is 12.4. The van der Waals surface area contributed by atoms with E-state index in [9.17, 15) is 9.59 Å². The van der Waals surface area contributed by atoms with Crippen molar-refractivity contribution in [2.24, 2.45) is 0 Å². The quantitative estimate of drug-likeness (QED) is 0.776. The number of imide groups is 1. The van der Waals surface area contributed by atoms with Gasteiger partial charge in [-0.05, 0) is 61.4 Å². The minimum atomic E-state index is -0.835. The van der Waals surface area contributed by atoms with Crippen LogP contribution in [0.3, 0.4) is 0 Å². The van der Waals surface area contributed by atoms with Gasteiger partial charge in [0.25, 0.3) is 5.24 Å². The van der Waals surface area contributed by atoms with Crippen LogP contribution in [0.1, 0.15) is 30.4 Å². The average molecular weight is 404 g/mol. The predicted octanol–water partition coefficient (Wildman–Crippen LogP) is 5.05. The van der Waals surface area contributed by atoms with Gasteiger partial charge in [-0.15, -0.1) is 0 Å². The Kier molecular flexibility index (Phi) is 4.56. The number of thioether (sulfide) groups is 1. The van der Waals surface area contributed by atoms with Gasteiger partial charge in [-0.1, -0.05) is 23.7 Å². The van der Waals surface area contributed by atoms with Crippen molar-refractivity contribution in [1.29, 1.82) is 0 Å². The van der Waals surface area contributed by atoms with Crippen LogP contribution in [0.25, 0.3) is 0 Å². The summed E-state index contributed by atoms with van der Waals surface area (Å²) in [4.78, 5) is 24.1. The first kappa shape index (κ1) is 18.2. The zero-order chi connectivity index (χ0) is 19.2. The van der Waals surface area contributed by atoms with E-state index in [4.69, 9.17) is 21.1 Å². The number of hydrogen-bond acceptors (Lipinski definition) is 5. The molecule has 2 aliphatic heterocycles. The van der Waals surface area contributed by atoms with E-state index in [1.165, 1.54) is 0 Å². The molecule has 4 rings (SSSR count). The van der Waals surface area contributed by atoms with Crippen molar-refractivity contribution >= 4 is 34.5 Å². The number of carbonyl (C=O) groups is 2. The molecule has 1 fully saturated rings. The van der Waals surface area contributed by atoms with Crippen LogP contribution in [0.2, 0.25) is 5.02 Å². The van der Waals surface area contributed by atoms with Gasteiger partial charge in [-0.3, -0.25) is 14.9 Å². The summed E-state index contributed by atoms with van der Waals surface area (Å²) in [5.74, 6) is 1.47. The van der Waals surface area contributed by atoms with Crippen molar-refractivity contribution in [3.8, 4) is 17.2 Å². The van der Waals surface area contributed by atoms with Crippen molar-refractivity contribution < 1.29 is 19.1 Å². The molecule has 0 aromatic heterocycles. The number of halogens is 1. The molecule has 2 aromatic carbocycles. The van der Waals surface area contributed by atoms with E-state index in [0.29, 0.717) is 35.3 Å². The molecule has 2 amide bonds. The average Bonchev–Trinajstić information content (AvgIpc) is 2.89. The summed E-state index contributed by atoms with van der Waals surface area (Å²) >= 11 is 7.30. The molecule has 0 aliphatic carbocycles. The van der Waals surface area contributed by atoms with Crippen molar-refractivity contribution in [2.75, 3.05) is 6.61 Å². The molecule has 0 spiro atoms.